The maximum absolute atomic E-state index is 14.0. The van der Waals surface area contributed by atoms with Crippen LogP contribution in [0.4, 0.5) is 0 Å². The molecule has 0 unspecified atom stereocenters. The number of esters is 1. The van der Waals surface area contributed by atoms with E-state index in [4.69, 9.17) is 13.8 Å². The first-order valence-electron chi connectivity index (χ1n) is 23.5. The minimum absolute atomic E-state index is 0.271. The molecule has 1 heterocycles. The third kappa shape index (κ3) is 13.3. The number of ether oxygens (including phenoxy) is 1. The second-order valence-corrected chi connectivity index (χ2v) is 24.0. The monoisotopic (exact) mass is 844 g/mol. The van der Waals surface area contributed by atoms with E-state index in [1.165, 1.54) is 77.0 Å². The molecule has 0 amide bonds. The van der Waals surface area contributed by atoms with Crippen molar-refractivity contribution in [2.75, 3.05) is 6.61 Å². The number of carbonyl (C=O) groups excluding carboxylic acids is 1. The van der Waals surface area contributed by atoms with Crippen molar-refractivity contribution in [2.45, 2.75) is 222 Å². The Kier molecular flexibility index (Phi) is 17.0. The lowest BCUT2D eigenvalue weighted by Crippen LogP contribution is -2.38. The average molecular weight is 844 g/mol. The van der Waals surface area contributed by atoms with Gasteiger partial charge in [-0.1, -0.05) is 209 Å². The Morgan fingerprint density at radius 2 is 0.900 bits per heavy atom. The zero-order valence-electron chi connectivity index (χ0n) is 40.8. The number of unbranched alkanes of at least 4 members (excludes halogenated alkanes) is 13. The van der Waals surface area contributed by atoms with Crippen LogP contribution in [0.2, 0.25) is 0 Å². The molecule has 4 rings (SSSR count). The molecule has 1 aliphatic rings. The molecule has 1 aliphatic heterocycles. The molecule has 3 aromatic rings. The van der Waals surface area contributed by atoms with Crippen molar-refractivity contribution in [3.8, 4) is 11.5 Å². The van der Waals surface area contributed by atoms with Crippen molar-refractivity contribution < 1.29 is 23.5 Å². The van der Waals surface area contributed by atoms with Gasteiger partial charge in [0.2, 0.25) is 5.30 Å². The summed E-state index contributed by atoms with van der Waals surface area (Å²) in [5.41, 5.74) is 7.06. The SMILES string of the molecule is CCCCCCCCCCCCCCCCOC(=O)c1cc(C(C)(C)C)c([P+]2(O)Oc3c(cc(C)cc3C(C)(C)C)Cc3cc(C)cc(C(C)(C)C)c3O2)c(C(C)(C)C)c1. The van der Waals surface area contributed by atoms with E-state index in [9.17, 15) is 9.69 Å². The van der Waals surface area contributed by atoms with Crippen molar-refractivity contribution in [3.63, 3.8) is 0 Å². The van der Waals surface area contributed by atoms with E-state index in [1.807, 2.05) is 12.1 Å². The van der Waals surface area contributed by atoms with Gasteiger partial charge in [0.25, 0.3) is 0 Å². The number of carbonyl (C=O) groups is 1. The quantitative estimate of drug-likeness (QED) is 0.0833. The second kappa shape index (κ2) is 20.5. The first kappa shape index (κ1) is 49.8. The average Bonchev–Trinajstić information content (AvgIpc) is 3.12. The molecule has 0 spiro atoms. The molecule has 0 saturated heterocycles. The van der Waals surface area contributed by atoms with Gasteiger partial charge in [-0.05, 0) is 54.1 Å². The summed E-state index contributed by atoms with van der Waals surface area (Å²) in [6.07, 6.45) is 18.6. The van der Waals surface area contributed by atoms with E-state index in [0.717, 1.165) is 57.3 Å². The zero-order chi connectivity index (χ0) is 44.7. The molecule has 0 aromatic heterocycles. The summed E-state index contributed by atoms with van der Waals surface area (Å²) in [7, 11) is -4.00. The number of benzene rings is 3. The second-order valence-electron chi connectivity index (χ2n) is 22.1. The Hall–Kier alpha value is -2.88. The van der Waals surface area contributed by atoms with Crippen molar-refractivity contribution in [1.82, 2.24) is 0 Å². The normalized spacial score (nSPS) is 14.4. The number of rotatable bonds is 17. The lowest BCUT2D eigenvalue weighted by molar-refractivity contribution is 0.0497. The van der Waals surface area contributed by atoms with Gasteiger partial charge in [-0.25, -0.2) is 4.79 Å². The largest absolute Gasteiger partial charge is 0.533 e. The van der Waals surface area contributed by atoms with Crippen LogP contribution in [0.15, 0.2) is 36.4 Å². The molecule has 334 valence electrons. The minimum atomic E-state index is -4.00. The smallest absolute Gasteiger partial charge is 0.462 e. The van der Waals surface area contributed by atoms with Crippen molar-refractivity contribution in [3.05, 3.63) is 86.5 Å². The van der Waals surface area contributed by atoms with Gasteiger partial charge < -0.3 is 4.74 Å². The van der Waals surface area contributed by atoms with Gasteiger partial charge in [-0.2, -0.15) is 4.89 Å². The van der Waals surface area contributed by atoms with Crippen LogP contribution < -0.4 is 14.4 Å². The van der Waals surface area contributed by atoms with Gasteiger partial charge in [-0.15, -0.1) is 0 Å². The molecular formula is C54H84O5P+. The number of hydrogen-bond acceptors (Lipinski definition) is 5. The minimum Gasteiger partial charge on any atom is -0.462 e. The number of fused-ring (bicyclic) bond motifs is 2. The molecule has 60 heavy (non-hydrogen) atoms. The van der Waals surface area contributed by atoms with Crippen molar-refractivity contribution in [2.24, 2.45) is 0 Å². The summed E-state index contributed by atoms with van der Waals surface area (Å²) in [6, 6.07) is 12.7. The van der Waals surface area contributed by atoms with Crippen molar-refractivity contribution in [1.29, 1.82) is 0 Å². The van der Waals surface area contributed by atoms with Crippen LogP contribution in [0.1, 0.15) is 235 Å². The van der Waals surface area contributed by atoms with Crippen LogP contribution in [0.25, 0.3) is 0 Å². The Morgan fingerprint density at radius 1 is 0.550 bits per heavy atom. The fourth-order valence-electron chi connectivity index (χ4n) is 8.60. The van der Waals surface area contributed by atoms with E-state index >= 15 is 0 Å². The molecule has 0 radical (unpaired) electrons. The lowest BCUT2D eigenvalue weighted by Gasteiger charge is -2.35. The highest BCUT2D eigenvalue weighted by Crippen LogP contribution is 2.63. The summed E-state index contributed by atoms with van der Waals surface area (Å²) in [4.78, 5) is 27.6. The Balaban J connectivity index is 1.68. The van der Waals surface area contributed by atoms with E-state index < -0.39 is 18.8 Å². The highest BCUT2D eigenvalue weighted by molar-refractivity contribution is 7.69. The summed E-state index contributed by atoms with van der Waals surface area (Å²) >= 11 is 0. The van der Waals surface area contributed by atoms with Crippen LogP contribution in [0.3, 0.4) is 0 Å². The van der Waals surface area contributed by atoms with Crippen molar-refractivity contribution >= 4 is 19.2 Å². The molecule has 0 aliphatic carbocycles. The Morgan fingerprint density at radius 3 is 1.25 bits per heavy atom. The zero-order valence-corrected chi connectivity index (χ0v) is 41.7. The van der Waals surface area contributed by atoms with E-state index in [-0.39, 0.29) is 16.8 Å². The molecule has 1 N–H and O–H groups in total. The van der Waals surface area contributed by atoms with Crippen LogP contribution in [-0.2, 0) is 32.8 Å². The van der Waals surface area contributed by atoms with Gasteiger partial charge in [-0.3, -0.25) is 9.05 Å². The molecule has 0 fully saturated rings. The molecule has 0 saturated carbocycles. The first-order valence-corrected chi connectivity index (χ1v) is 25.1. The standard InChI is InChI=1S/C54H84O5P/c1-16-17-18-19-20-21-22-23-24-25-26-27-28-29-30-57-50(55)42-36-45(53(10,11)12)49(46(37-42)54(13,14)15)60(56)58-47-40(31-38(2)33-43(47)51(4,5)6)35-41-32-39(3)34-44(48(41)59-60)52(7,8)9/h31-34,36-37,56H,16-30,35H2,1-15H3/q+1. The first-order chi connectivity index (χ1) is 27.9. The van der Waals surface area contributed by atoms with Gasteiger partial charge in [0.05, 0.1) is 12.2 Å². The third-order valence-corrected chi connectivity index (χ3v) is 13.9. The topological polar surface area (TPSA) is 65.0 Å². The molecular weight excluding hydrogens is 760 g/mol. The third-order valence-electron chi connectivity index (χ3n) is 12.0. The summed E-state index contributed by atoms with van der Waals surface area (Å²) in [5, 5.41) is 0.644. The van der Waals surface area contributed by atoms with Crippen LogP contribution in [-0.4, -0.2) is 17.5 Å². The molecule has 5 nitrogen and oxygen atoms in total. The summed E-state index contributed by atoms with van der Waals surface area (Å²) in [6.45, 7) is 32.9. The van der Waals surface area contributed by atoms with Gasteiger partial charge in [0, 0.05) is 39.8 Å². The van der Waals surface area contributed by atoms with Crippen LogP contribution in [0, 0.1) is 13.8 Å². The van der Waals surface area contributed by atoms with Gasteiger partial charge in [0.1, 0.15) is 0 Å². The lowest BCUT2D eigenvalue weighted by atomic mass is 9.79. The summed E-state index contributed by atoms with van der Waals surface area (Å²) in [5.74, 6) is 1.04. The van der Waals surface area contributed by atoms with Crippen LogP contribution >= 0.6 is 7.94 Å². The number of aryl methyl sites for hydroxylation is 2. The van der Waals surface area contributed by atoms with E-state index in [1.54, 1.807) is 0 Å². The fraction of sp³-hybridized carbons (Fsp3) is 0.648. The molecule has 0 atom stereocenters. The molecule has 3 aromatic carbocycles. The highest BCUT2D eigenvalue weighted by Gasteiger charge is 2.56. The maximum Gasteiger partial charge on any atom is 0.533 e. The van der Waals surface area contributed by atoms with Crippen LogP contribution in [0.5, 0.6) is 11.5 Å². The van der Waals surface area contributed by atoms with Gasteiger partial charge in [0.15, 0.2) is 11.5 Å². The highest BCUT2D eigenvalue weighted by atomic mass is 31.2. The van der Waals surface area contributed by atoms with Gasteiger partial charge >= 0.3 is 13.9 Å². The molecule has 6 heteroatoms. The van der Waals surface area contributed by atoms with E-state index in [0.29, 0.717) is 35.4 Å². The predicted octanol–water partition coefficient (Wildman–Crippen LogP) is 15.6. The Labute approximate surface area is 367 Å². The maximum atomic E-state index is 14.0. The Bertz CT molecular complexity index is 1790. The number of hydrogen-bond donors (Lipinski definition) is 1. The summed E-state index contributed by atoms with van der Waals surface area (Å²) < 4.78 is 20.5. The predicted molar refractivity (Wildman–Crippen MR) is 257 cm³/mol. The molecule has 0 bridgehead atoms. The fourth-order valence-corrected chi connectivity index (χ4v) is 11.2. The van der Waals surface area contributed by atoms with E-state index in [2.05, 4.69) is 128 Å².